The quantitative estimate of drug-likeness (QED) is 0.874. The summed E-state index contributed by atoms with van der Waals surface area (Å²) in [6.07, 6.45) is 5.71. The zero-order valence-electron chi connectivity index (χ0n) is 12.6. The summed E-state index contributed by atoms with van der Waals surface area (Å²) in [6.45, 7) is 4.91. The smallest absolute Gasteiger partial charge is 0.315 e. The third kappa shape index (κ3) is 4.41. The lowest BCUT2D eigenvalue weighted by Crippen LogP contribution is -2.48. The summed E-state index contributed by atoms with van der Waals surface area (Å²) in [5.41, 5.74) is 1.06. The Hall–Kier alpha value is -1.14. The monoisotopic (exact) mass is 308 g/mol. The lowest BCUT2D eigenvalue weighted by molar-refractivity contribution is 0.186. The summed E-state index contributed by atoms with van der Waals surface area (Å²) < 4.78 is 0. The topological polar surface area (TPSA) is 57.3 Å². The molecule has 1 saturated carbocycles. The minimum Gasteiger partial charge on any atom is -0.338 e. The molecule has 2 heterocycles. The number of hydrogen-bond donors (Lipinski definition) is 2. The molecule has 0 bridgehead atoms. The minimum absolute atomic E-state index is 0.0341. The molecule has 0 spiro atoms. The van der Waals surface area contributed by atoms with Gasteiger partial charge in [0.25, 0.3) is 0 Å². The van der Waals surface area contributed by atoms with Crippen LogP contribution in [-0.2, 0) is 6.42 Å². The summed E-state index contributed by atoms with van der Waals surface area (Å²) in [5.74, 6) is 0. The number of carbonyl (C=O) groups is 1. The highest BCUT2D eigenvalue weighted by Crippen LogP contribution is 2.29. The Morgan fingerprint density at radius 3 is 2.76 bits per heavy atom. The molecule has 0 unspecified atom stereocenters. The van der Waals surface area contributed by atoms with Gasteiger partial charge in [0, 0.05) is 49.2 Å². The molecule has 0 radical (unpaired) electrons. The highest BCUT2D eigenvalue weighted by atomic mass is 32.1. The van der Waals surface area contributed by atoms with E-state index < -0.39 is 0 Å². The zero-order valence-corrected chi connectivity index (χ0v) is 13.4. The van der Waals surface area contributed by atoms with E-state index in [0.29, 0.717) is 12.6 Å². The fourth-order valence-corrected chi connectivity index (χ4v) is 3.66. The van der Waals surface area contributed by atoms with Crippen LogP contribution >= 0.6 is 11.3 Å². The first-order valence-corrected chi connectivity index (χ1v) is 8.78. The van der Waals surface area contributed by atoms with Crippen molar-refractivity contribution < 1.29 is 4.79 Å². The van der Waals surface area contributed by atoms with Gasteiger partial charge in [0.05, 0.1) is 5.01 Å². The fourth-order valence-electron chi connectivity index (χ4n) is 2.89. The van der Waals surface area contributed by atoms with Crippen LogP contribution in [0.1, 0.15) is 36.4 Å². The Labute approximate surface area is 130 Å². The van der Waals surface area contributed by atoms with E-state index in [1.54, 1.807) is 11.3 Å². The van der Waals surface area contributed by atoms with Crippen molar-refractivity contribution in [3.8, 4) is 0 Å². The van der Waals surface area contributed by atoms with Crippen LogP contribution in [-0.4, -0.2) is 47.6 Å². The van der Waals surface area contributed by atoms with Gasteiger partial charge in [-0.05, 0) is 32.6 Å². The van der Waals surface area contributed by atoms with Gasteiger partial charge in [0.1, 0.15) is 0 Å². The molecule has 116 valence electrons. The average Bonchev–Trinajstić information content (AvgIpc) is 3.23. The Morgan fingerprint density at radius 2 is 2.14 bits per heavy atom. The Kier molecular flexibility index (Phi) is 4.75. The molecule has 1 aromatic heterocycles. The van der Waals surface area contributed by atoms with Crippen LogP contribution in [0.15, 0.2) is 5.38 Å². The molecule has 0 aromatic carbocycles. The third-order valence-electron chi connectivity index (χ3n) is 4.22. The van der Waals surface area contributed by atoms with E-state index in [2.05, 4.69) is 20.5 Å². The third-order valence-corrected chi connectivity index (χ3v) is 5.25. The maximum absolute atomic E-state index is 11.9. The van der Waals surface area contributed by atoms with Crippen molar-refractivity contribution in [2.75, 3.05) is 19.6 Å². The molecule has 6 heteroatoms. The summed E-state index contributed by atoms with van der Waals surface area (Å²) in [4.78, 5) is 18.8. The van der Waals surface area contributed by atoms with E-state index >= 15 is 0 Å². The second kappa shape index (κ2) is 6.75. The molecular weight excluding hydrogens is 284 g/mol. The number of aromatic nitrogens is 1. The molecule has 3 rings (SSSR count). The van der Waals surface area contributed by atoms with E-state index in [9.17, 15) is 4.79 Å². The van der Waals surface area contributed by atoms with Gasteiger partial charge in [0.2, 0.25) is 0 Å². The van der Waals surface area contributed by atoms with Crippen LogP contribution in [0.3, 0.4) is 0 Å². The van der Waals surface area contributed by atoms with Crippen molar-refractivity contribution in [2.24, 2.45) is 0 Å². The number of rotatable bonds is 5. The number of nitrogens with zero attached hydrogens (tertiary/aromatic N) is 2. The molecule has 2 amide bonds. The van der Waals surface area contributed by atoms with Gasteiger partial charge in [-0.2, -0.15) is 0 Å². The summed E-state index contributed by atoms with van der Waals surface area (Å²) >= 11 is 1.66. The van der Waals surface area contributed by atoms with Crippen LogP contribution in [0.5, 0.6) is 0 Å². The molecule has 21 heavy (non-hydrogen) atoms. The number of hydrogen-bond acceptors (Lipinski definition) is 4. The van der Waals surface area contributed by atoms with Gasteiger partial charge in [0.15, 0.2) is 0 Å². The van der Waals surface area contributed by atoms with Gasteiger partial charge in [-0.3, -0.25) is 0 Å². The van der Waals surface area contributed by atoms with Crippen molar-refractivity contribution >= 4 is 17.4 Å². The SMILES string of the molecule is Cc1csc(CCNC(=O)NC2CCN(C3CC3)CC2)n1. The summed E-state index contributed by atoms with van der Waals surface area (Å²) in [6, 6.07) is 1.15. The average molecular weight is 308 g/mol. The van der Waals surface area contributed by atoms with Gasteiger partial charge >= 0.3 is 6.03 Å². The first-order valence-electron chi connectivity index (χ1n) is 7.90. The zero-order chi connectivity index (χ0) is 14.7. The molecule has 0 atom stereocenters. The van der Waals surface area contributed by atoms with Crippen LogP contribution in [0.25, 0.3) is 0 Å². The van der Waals surface area contributed by atoms with Crippen LogP contribution in [0, 0.1) is 6.92 Å². The molecule has 5 nitrogen and oxygen atoms in total. The number of aryl methyl sites for hydroxylation is 1. The lowest BCUT2D eigenvalue weighted by atomic mass is 10.1. The van der Waals surface area contributed by atoms with Crippen molar-refractivity contribution in [3.63, 3.8) is 0 Å². The molecule has 1 aromatic rings. The lowest BCUT2D eigenvalue weighted by Gasteiger charge is -2.32. The molecule has 2 aliphatic rings. The highest BCUT2D eigenvalue weighted by molar-refractivity contribution is 7.09. The molecule has 1 aliphatic carbocycles. The molecule has 1 saturated heterocycles. The van der Waals surface area contributed by atoms with Gasteiger partial charge in [-0.25, -0.2) is 9.78 Å². The van der Waals surface area contributed by atoms with Crippen LogP contribution in [0.4, 0.5) is 4.79 Å². The minimum atomic E-state index is -0.0341. The molecule has 2 N–H and O–H groups in total. The number of amides is 2. The normalized spacial score (nSPS) is 20.4. The first kappa shape index (κ1) is 14.8. The van der Waals surface area contributed by atoms with Crippen molar-refractivity contribution in [2.45, 2.75) is 51.1 Å². The van der Waals surface area contributed by atoms with Gasteiger partial charge in [-0.15, -0.1) is 11.3 Å². The van der Waals surface area contributed by atoms with Crippen LogP contribution < -0.4 is 10.6 Å². The first-order chi connectivity index (χ1) is 10.2. The Morgan fingerprint density at radius 1 is 1.38 bits per heavy atom. The number of urea groups is 1. The molecule has 2 fully saturated rings. The second-order valence-corrected chi connectivity index (χ2v) is 7.02. The van der Waals surface area contributed by atoms with E-state index in [4.69, 9.17) is 0 Å². The molecule has 1 aliphatic heterocycles. The van der Waals surface area contributed by atoms with E-state index in [1.165, 1.54) is 12.8 Å². The number of nitrogens with one attached hydrogen (secondary N) is 2. The summed E-state index contributed by atoms with van der Waals surface area (Å²) in [5, 5.41) is 9.17. The maximum Gasteiger partial charge on any atom is 0.315 e. The van der Waals surface area contributed by atoms with Crippen molar-refractivity contribution in [3.05, 3.63) is 16.1 Å². The van der Waals surface area contributed by atoms with E-state index in [-0.39, 0.29) is 6.03 Å². The summed E-state index contributed by atoms with van der Waals surface area (Å²) in [7, 11) is 0. The second-order valence-electron chi connectivity index (χ2n) is 6.07. The maximum atomic E-state index is 11.9. The Balaban J connectivity index is 1.31. The highest BCUT2D eigenvalue weighted by Gasteiger charge is 2.31. The van der Waals surface area contributed by atoms with Crippen molar-refractivity contribution in [1.82, 2.24) is 20.5 Å². The fraction of sp³-hybridized carbons (Fsp3) is 0.733. The van der Waals surface area contributed by atoms with E-state index in [1.807, 2.05) is 12.3 Å². The number of piperidine rings is 1. The number of carbonyl (C=O) groups excluding carboxylic acids is 1. The van der Waals surface area contributed by atoms with Crippen molar-refractivity contribution in [1.29, 1.82) is 0 Å². The van der Waals surface area contributed by atoms with E-state index in [0.717, 1.165) is 49.1 Å². The van der Waals surface area contributed by atoms with Crippen LogP contribution in [0.2, 0.25) is 0 Å². The largest absolute Gasteiger partial charge is 0.338 e. The van der Waals surface area contributed by atoms with Gasteiger partial charge in [-0.1, -0.05) is 0 Å². The predicted molar refractivity (Wildman–Crippen MR) is 84.7 cm³/mol. The number of thiazole rings is 1. The molecular formula is C15H24N4OS. The Bertz CT molecular complexity index is 478. The standard InChI is InChI=1S/C15H24N4OS/c1-11-10-21-14(17-11)4-7-16-15(20)18-12-5-8-19(9-6-12)13-2-3-13/h10,12-13H,2-9H2,1H3,(H2,16,18,20). The predicted octanol–water partition coefficient (Wildman–Crippen LogP) is 1.92. The number of likely N-dealkylation sites (tertiary alicyclic amines) is 1. The van der Waals surface area contributed by atoms with Gasteiger partial charge < -0.3 is 15.5 Å².